The highest BCUT2D eigenvalue weighted by atomic mass is 32.2. The number of thioether (sulfide) groups is 1. The van der Waals surface area contributed by atoms with Crippen molar-refractivity contribution in [3.05, 3.63) is 91.8 Å². The molecule has 0 bridgehead atoms. The Hall–Kier alpha value is -3.14. The normalized spacial score (nSPS) is 16.1. The van der Waals surface area contributed by atoms with Crippen molar-refractivity contribution in [2.45, 2.75) is 26.7 Å². The van der Waals surface area contributed by atoms with Gasteiger partial charge in [-0.15, -0.1) is 11.3 Å². The third kappa shape index (κ3) is 4.14. The minimum absolute atomic E-state index is 0.00445. The van der Waals surface area contributed by atoms with E-state index in [1.165, 1.54) is 18.7 Å². The first-order valence-corrected chi connectivity index (χ1v) is 12.1. The summed E-state index contributed by atoms with van der Waals surface area (Å²) in [6, 6.07) is 18.0. The van der Waals surface area contributed by atoms with Gasteiger partial charge in [-0.05, 0) is 54.6 Å². The van der Waals surface area contributed by atoms with Crippen molar-refractivity contribution in [1.29, 1.82) is 5.26 Å². The summed E-state index contributed by atoms with van der Waals surface area (Å²) in [5, 5.41) is 18.0. The number of rotatable bonds is 6. The highest BCUT2D eigenvalue weighted by Gasteiger charge is 2.34. The maximum Gasteiger partial charge on any atom is 0.173 e. The van der Waals surface area contributed by atoms with Crippen molar-refractivity contribution in [3.8, 4) is 6.07 Å². The number of thiophene rings is 1. The van der Waals surface area contributed by atoms with Crippen LogP contribution >= 0.6 is 23.1 Å². The van der Waals surface area contributed by atoms with Crippen LogP contribution in [0.4, 0.5) is 0 Å². The van der Waals surface area contributed by atoms with Crippen LogP contribution in [0.1, 0.15) is 40.6 Å². The molecule has 160 valence electrons. The van der Waals surface area contributed by atoms with Crippen molar-refractivity contribution >= 4 is 45.4 Å². The molecule has 0 spiro atoms. The molecule has 0 amide bonds. The number of aryl methyl sites for hydroxylation is 1. The Bertz CT molecular complexity index is 1340. The number of allylic oxidation sites excluding steroid dienone is 3. The third-order valence-electron chi connectivity index (χ3n) is 5.61. The lowest BCUT2D eigenvalue weighted by atomic mass is 9.84. The number of dihydropyridines is 1. The van der Waals surface area contributed by atoms with E-state index in [1.54, 1.807) is 11.3 Å². The van der Waals surface area contributed by atoms with Gasteiger partial charge in [-0.1, -0.05) is 48.2 Å². The number of carbonyl (C=O) groups excluding carboxylic acids is 2. The Morgan fingerprint density at radius 1 is 1.12 bits per heavy atom. The summed E-state index contributed by atoms with van der Waals surface area (Å²) in [6.45, 7) is 5.38. The van der Waals surface area contributed by atoms with E-state index in [4.69, 9.17) is 0 Å². The average molecular weight is 459 g/mol. The van der Waals surface area contributed by atoms with Gasteiger partial charge in [0.1, 0.15) is 0 Å². The Labute approximate surface area is 195 Å². The molecule has 1 aliphatic heterocycles. The van der Waals surface area contributed by atoms with Gasteiger partial charge >= 0.3 is 0 Å². The second kappa shape index (κ2) is 9.15. The molecule has 0 aliphatic carbocycles. The smallest absolute Gasteiger partial charge is 0.173 e. The number of nitrogens with zero attached hydrogens (tertiary/aromatic N) is 1. The number of hydrogen-bond acceptors (Lipinski definition) is 6. The molecular weight excluding hydrogens is 436 g/mol. The van der Waals surface area contributed by atoms with Crippen LogP contribution in [0.3, 0.4) is 0 Å². The largest absolute Gasteiger partial charge is 0.353 e. The summed E-state index contributed by atoms with van der Waals surface area (Å²) in [4.78, 5) is 26.4. The van der Waals surface area contributed by atoms with Gasteiger partial charge < -0.3 is 5.32 Å². The zero-order valence-electron chi connectivity index (χ0n) is 18.1. The molecule has 4 nitrogen and oxygen atoms in total. The zero-order valence-corrected chi connectivity index (χ0v) is 19.7. The molecule has 0 radical (unpaired) electrons. The van der Waals surface area contributed by atoms with Crippen molar-refractivity contribution in [3.63, 3.8) is 0 Å². The summed E-state index contributed by atoms with van der Waals surface area (Å²) in [6.07, 6.45) is 0. The van der Waals surface area contributed by atoms with E-state index >= 15 is 0 Å². The fourth-order valence-electron chi connectivity index (χ4n) is 4.02. The van der Waals surface area contributed by atoms with Gasteiger partial charge in [-0.2, -0.15) is 5.26 Å². The molecule has 6 heteroatoms. The van der Waals surface area contributed by atoms with Crippen LogP contribution in [0.25, 0.3) is 10.8 Å². The Morgan fingerprint density at radius 2 is 1.88 bits per heavy atom. The van der Waals surface area contributed by atoms with Gasteiger partial charge in [0.2, 0.25) is 0 Å². The lowest BCUT2D eigenvalue weighted by Gasteiger charge is -2.29. The molecule has 0 fully saturated rings. The first kappa shape index (κ1) is 22.1. The Kier molecular flexibility index (Phi) is 6.31. The van der Waals surface area contributed by atoms with Gasteiger partial charge in [-0.25, -0.2) is 0 Å². The molecule has 4 rings (SSSR count). The second-order valence-electron chi connectivity index (χ2n) is 7.75. The van der Waals surface area contributed by atoms with Crippen LogP contribution < -0.4 is 5.32 Å². The molecule has 2 aromatic carbocycles. The average Bonchev–Trinajstić information content (AvgIpc) is 3.21. The third-order valence-corrected chi connectivity index (χ3v) is 7.71. The summed E-state index contributed by atoms with van der Waals surface area (Å²) in [7, 11) is 0. The lowest BCUT2D eigenvalue weighted by Crippen LogP contribution is -2.27. The topological polar surface area (TPSA) is 70.0 Å². The van der Waals surface area contributed by atoms with Gasteiger partial charge in [0.25, 0.3) is 0 Å². The maximum atomic E-state index is 12.9. The maximum absolute atomic E-state index is 12.9. The molecule has 3 aromatic rings. The lowest BCUT2D eigenvalue weighted by molar-refractivity contribution is -0.113. The predicted molar refractivity (Wildman–Crippen MR) is 132 cm³/mol. The fourth-order valence-corrected chi connectivity index (χ4v) is 6.05. The number of nitrogens with one attached hydrogen (secondary N) is 1. The number of benzene rings is 2. The van der Waals surface area contributed by atoms with E-state index in [1.807, 2.05) is 67.8 Å². The van der Waals surface area contributed by atoms with Crippen LogP contribution in [0.2, 0.25) is 0 Å². The highest BCUT2D eigenvalue weighted by molar-refractivity contribution is 8.03. The summed E-state index contributed by atoms with van der Waals surface area (Å²) in [5.41, 5.74) is 3.53. The Balaban J connectivity index is 1.64. The van der Waals surface area contributed by atoms with Gasteiger partial charge in [0.05, 0.1) is 28.3 Å². The Morgan fingerprint density at radius 3 is 2.53 bits per heavy atom. The SMILES string of the molecule is CC(=O)C1=C(C)NC(SCC(=O)c2ccc3ccccc3c2)=C(C#N)[C@H]1c1sccc1C. The van der Waals surface area contributed by atoms with E-state index in [2.05, 4.69) is 11.4 Å². The van der Waals surface area contributed by atoms with Crippen LogP contribution in [0, 0.1) is 18.3 Å². The van der Waals surface area contributed by atoms with Crippen LogP contribution in [-0.4, -0.2) is 17.3 Å². The van der Waals surface area contributed by atoms with Gasteiger partial charge in [0.15, 0.2) is 11.6 Å². The van der Waals surface area contributed by atoms with E-state index in [0.29, 0.717) is 21.7 Å². The number of Topliss-reactive ketones (excluding diaryl/α,β-unsaturated/α-hetero) is 2. The van der Waals surface area contributed by atoms with Crippen LogP contribution in [0.15, 0.2) is 75.8 Å². The summed E-state index contributed by atoms with van der Waals surface area (Å²) >= 11 is 2.87. The highest BCUT2D eigenvalue weighted by Crippen LogP contribution is 2.43. The minimum atomic E-state index is -0.406. The molecule has 0 saturated heterocycles. The van der Waals surface area contributed by atoms with Crippen molar-refractivity contribution in [2.24, 2.45) is 0 Å². The summed E-state index contributed by atoms with van der Waals surface area (Å²) < 4.78 is 0. The molecule has 1 N–H and O–H groups in total. The van der Waals surface area contributed by atoms with E-state index in [-0.39, 0.29) is 17.3 Å². The molecule has 1 atom stereocenters. The van der Waals surface area contributed by atoms with Crippen molar-refractivity contribution in [1.82, 2.24) is 5.32 Å². The number of nitriles is 1. The van der Waals surface area contributed by atoms with Crippen molar-refractivity contribution < 1.29 is 9.59 Å². The van der Waals surface area contributed by atoms with Crippen LogP contribution in [0.5, 0.6) is 0 Å². The minimum Gasteiger partial charge on any atom is -0.353 e. The monoisotopic (exact) mass is 458 g/mol. The van der Waals surface area contributed by atoms with Crippen molar-refractivity contribution in [2.75, 3.05) is 5.75 Å². The number of ketones is 2. The van der Waals surface area contributed by atoms with Gasteiger partial charge in [-0.3, -0.25) is 9.59 Å². The predicted octanol–water partition coefficient (Wildman–Crippen LogP) is 6.11. The fraction of sp³-hybridized carbons (Fsp3) is 0.192. The first-order chi connectivity index (χ1) is 15.4. The molecule has 0 saturated carbocycles. The number of fused-ring (bicyclic) bond motifs is 1. The first-order valence-electron chi connectivity index (χ1n) is 10.2. The van der Waals surface area contributed by atoms with Crippen LogP contribution in [-0.2, 0) is 4.79 Å². The van der Waals surface area contributed by atoms with E-state index in [9.17, 15) is 14.9 Å². The molecule has 0 unspecified atom stereocenters. The molecule has 1 aromatic heterocycles. The molecular formula is C26H22N2O2S2. The zero-order chi connectivity index (χ0) is 22.8. The summed E-state index contributed by atoms with van der Waals surface area (Å²) in [5.74, 6) is -0.269. The van der Waals surface area contributed by atoms with E-state index in [0.717, 1.165) is 26.9 Å². The standard InChI is InChI=1S/C26H22N2O2S2/c1-15-10-11-31-25(15)24-21(13-27)26(28-16(2)23(24)17(3)29)32-14-22(30)20-9-8-18-6-4-5-7-19(18)12-20/h4-12,24,28H,14H2,1-3H3/t24-/m1/s1. The van der Waals surface area contributed by atoms with E-state index < -0.39 is 5.92 Å². The van der Waals surface area contributed by atoms with Gasteiger partial charge in [0, 0.05) is 21.7 Å². The molecule has 1 aliphatic rings. The quantitative estimate of drug-likeness (QED) is 0.451. The number of hydrogen-bond donors (Lipinski definition) is 1. The second-order valence-corrected chi connectivity index (χ2v) is 9.68. The number of carbonyl (C=O) groups is 2. The molecule has 2 heterocycles. The molecule has 32 heavy (non-hydrogen) atoms.